The molecule has 0 saturated heterocycles. The Kier molecular flexibility index (Phi) is 14.1. The van der Waals surface area contributed by atoms with Gasteiger partial charge in [0.25, 0.3) is 0 Å². The van der Waals surface area contributed by atoms with E-state index in [0.29, 0.717) is 32.2 Å². The highest BCUT2D eigenvalue weighted by Crippen LogP contribution is 2.10. The lowest BCUT2D eigenvalue weighted by atomic mass is 9.97. The van der Waals surface area contributed by atoms with Crippen LogP contribution in [0.3, 0.4) is 0 Å². The van der Waals surface area contributed by atoms with Crippen LogP contribution in [0, 0.1) is 5.92 Å². The van der Waals surface area contributed by atoms with Crippen LogP contribution in [0.2, 0.25) is 0 Å². The summed E-state index contributed by atoms with van der Waals surface area (Å²) in [7, 11) is 0. The summed E-state index contributed by atoms with van der Waals surface area (Å²) < 4.78 is 0. The van der Waals surface area contributed by atoms with E-state index in [-0.39, 0.29) is 0 Å². The van der Waals surface area contributed by atoms with Crippen molar-refractivity contribution >= 4 is 35.6 Å². The third-order valence-corrected chi connectivity index (χ3v) is 5.13. The number of hydrogen-bond acceptors (Lipinski definition) is 8. The first kappa shape index (κ1) is 30.7. The van der Waals surface area contributed by atoms with Crippen molar-refractivity contribution in [2.45, 2.75) is 76.5 Å². The number of rotatable bonds is 17. The summed E-state index contributed by atoms with van der Waals surface area (Å²) >= 11 is 0. The van der Waals surface area contributed by atoms with E-state index < -0.39 is 78.5 Å². The molecule has 0 aromatic carbocycles. The predicted octanol–water partition coefficient (Wildman–Crippen LogP) is -2.62. The second-order valence-electron chi connectivity index (χ2n) is 7.99. The zero-order valence-electron chi connectivity index (χ0n) is 19.4. The van der Waals surface area contributed by atoms with E-state index in [9.17, 15) is 28.8 Å². The van der Waals surface area contributed by atoms with Crippen LogP contribution in [-0.4, -0.2) is 76.5 Å². The topological polar surface area (TPSA) is 257 Å². The minimum atomic E-state index is -1.71. The maximum absolute atomic E-state index is 12.9. The monoisotopic (exact) mass is 488 g/mol. The van der Waals surface area contributed by atoms with Gasteiger partial charge in [-0.25, -0.2) is 4.79 Å². The fraction of sp³-hybridized carbons (Fsp3) is 0.700. The zero-order chi connectivity index (χ0) is 26.4. The van der Waals surface area contributed by atoms with Crippen molar-refractivity contribution in [3.63, 3.8) is 0 Å². The van der Waals surface area contributed by atoms with Crippen LogP contribution in [-0.2, 0) is 28.8 Å². The van der Waals surface area contributed by atoms with Crippen molar-refractivity contribution in [1.82, 2.24) is 16.0 Å². The molecule has 194 valence electrons. The van der Waals surface area contributed by atoms with E-state index in [1.54, 1.807) is 13.8 Å². The van der Waals surface area contributed by atoms with Crippen LogP contribution in [0.25, 0.3) is 0 Å². The Morgan fingerprint density at radius 3 is 1.91 bits per heavy atom. The highest BCUT2D eigenvalue weighted by molar-refractivity contribution is 5.96. The van der Waals surface area contributed by atoms with Gasteiger partial charge < -0.3 is 43.4 Å². The molecular weight excluding hydrogens is 452 g/mol. The summed E-state index contributed by atoms with van der Waals surface area (Å²) in [5, 5.41) is 25.1. The quantitative estimate of drug-likeness (QED) is 0.0988. The molecule has 0 aliphatic rings. The molecule has 0 spiro atoms. The predicted molar refractivity (Wildman–Crippen MR) is 120 cm³/mol. The molecule has 5 unspecified atom stereocenters. The maximum Gasteiger partial charge on any atom is 0.326 e. The Morgan fingerprint density at radius 2 is 1.44 bits per heavy atom. The Balaban J connectivity index is 5.51. The average Bonchev–Trinajstić information content (AvgIpc) is 2.74. The number of nitrogens with one attached hydrogen (secondary N) is 3. The van der Waals surface area contributed by atoms with Gasteiger partial charge in [0.15, 0.2) is 0 Å². The molecule has 0 saturated carbocycles. The van der Waals surface area contributed by atoms with Crippen LogP contribution >= 0.6 is 0 Å². The zero-order valence-corrected chi connectivity index (χ0v) is 19.4. The molecule has 5 atom stereocenters. The number of primary amides is 1. The molecule has 0 aromatic heterocycles. The van der Waals surface area contributed by atoms with Crippen LogP contribution in [0.1, 0.15) is 52.4 Å². The van der Waals surface area contributed by atoms with Crippen molar-refractivity contribution in [3.05, 3.63) is 0 Å². The lowest BCUT2D eigenvalue weighted by Gasteiger charge is -2.27. The molecule has 0 aromatic rings. The van der Waals surface area contributed by atoms with Gasteiger partial charge in [-0.05, 0) is 25.3 Å². The summed E-state index contributed by atoms with van der Waals surface area (Å²) in [4.78, 5) is 71.4. The number of nitrogens with two attached hydrogens (primary N) is 3. The molecule has 0 rings (SSSR count). The average molecular weight is 489 g/mol. The Bertz CT molecular complexity index is 747. The molecule has 0 fully saturated rings. The largest absolute Gasteiger partial charge is 0.481 e. The van der Waals surface area contributed by atoms with Crippen molar-refractivity contribution in [2.24, 2.45) is 23.1 Å². The van der Waals surface area contributed by atoms with Crippen LogP contribution < -0.4 is 33.2 Å². The van der Waals surface area contributed by atoms with Crippen molar-refractivity contribution in [1.29, 1.82) is 0 Å². The first-order chi connectivity index (χ1) is 15.8. The molecule has 4 amide bonds. The molecule has 34 heavy (non-hydrogen) atoms. The van der Waals surface area contributed by atoms with Gasteiger partial charge >= 0.3 is 11.9 Å². The Labute approximate surface area is 197 Å². The summed E-state index contributed by atoms with van der Waals surface area (Å²) in [5.74, 6) is -7.01. The number of carbonyl (C=O) groups excluding carboxylic acids is 4. The molecule has 0 aliphatic carbocycles. The number of hydrogen-bond donors (Lipinski definition) is 8. The van der Waals surface area contributed by atoms with Gasteiger partial charge in [0, 0.05) is 0 Å². The van der Waals surface area contributed by atoms with Crippen LogP contribution in [0.15, 0.2) is 0 Å². The fourth-order valence-electron chi connectivity index (χ4n) is 2.92. The van der Waals surface area contributed by atoms with Gasteiger partial charge in [-0.1, -0.05) is 26.7 Å². The Morgan fingerprint density at radius 1 is 0.853 bits per heavy atom. The van der Waals surface area contributed by atoms with Gasteiger partial charge in [-0.2, -0.15) is 0 Å². The minimum absolute atomic E-state index is 0.346. The second-order valence-corrected chi connectivity index (χ2v) is 7.99. The lowest BCUT2D eigenvalue weighted by molar-refractivity contribution is -0.145. The summed E-state index contributed by atoms with van der Waals surface area (Å²) in [6.45, 7) is 3.88. The molecule has 14 heteroatoms. The smallest absolute Gasteiger partial charge is 0.326 e. The maximum atomic E-state index is 12.9. The Hall–Kier alpha value is -3.26. The second kappa shape index (κ2) is 15.6. The van der Waals surface area contributed by atoms with E-state index in [2.05, 4.69) is 10.6 Å². The number of carboxylic acid groups (broad SMARTS) is 2. The standard InChI is InChI=1S/C20H36N6O8/c1-3-10(2)16(26-17(30)11(22)6-4-5-7-21)19(32)24-12(9-15(28)29)18(31)25-13(20(33)34)8-14(23)27/h10-13,16H,3-9,21-22H2,1-2H3,(H2,23,27)(H,24,32)(H,25,31)(H,26,30)(H,28,29)(H,33,34). The van der Waals surface area contributed by atoms with E-state index in [1.807, 2.05) is 5.32 Å². The lowest BCUT2D eigenvalue weighted by Crippen LogP contribution is -2.59. The highest BCUT2D eigenvalue weighted by Gasteiger charge is 2.33. The normalized spacial score (nSPS) is 15.2. The molecule has 0 aliphatic heterocycles. The first-order valence-corrected chi connectivity index (χ1v) is 10.9. The van der Waals surface area contributed by atoms with Gasteiger partial charge in [0.05, 0.1) is 18.9 Å². The van der Waals surface area contributed by atoms with E-state index in [1.165, 1.54) is 0 Å². The SMILES string of the molecule is CCC(C)C(NC(=O)C(N)CCCCN)C(=O)NC(CC(=O)O)C(=O)NC(CC(N)=O)C(=O)O. The minimum Gasteiger partial charge on any atom is -0.481 e. The van der Waals surface area contributed by atoms with E-state index >= 15 is 0 Å². The highest BCUT2D eigenvalue weighted by atomic mass is 16.4. The summed E-state index contributed by atoms with van der Waals surface area (Å²) in [6, 6.07) is -5.42. The van der Waals surface area contributed by atoms with E-state index in [0.717, 1.165) is 0 Å². The van der Waals surface area contributed by atoms with Crippen LogP contribution in [0.5, 0.6) is 0 Å². The molecule has 11 N–H and O–H groups in total. The van der Waals surface area contributed by atoms with Gasteiger partial charge in [0.1, 0.15) is 18.1 Å². The number of carbonyl (C=O) groups is 6. The number of aliphatic carboxylic acids is 2. The van der Waals surface area contributed by atoms with Crippen LogP contribution in [0.4, 0.5) is 0 Å². The first-order valence-electron chi connectivity index (χ1n) is 10.9. The summed E-state index contributed by atoms with van der Waals surface area (Å²) in [5.41, 5.74) is 16.3. The number of amides is 4. The number of carboxylic acids is 2. The molecule has 0 heterocycles. The molecular formula is C20H36N6O8. The van der Waals surface area contributed by atoms with Gasteiger partial charge in [-0.15, -0.1) is 0 Å². The number of unbranched alkanes of at least 4 members (excludes halogenated alkanes) is 1. The van der Waals surface area contributed by atoms with Crippen molar-refractivity contribution < 1.29 is 39.0 Å². The molecule has 14 nitrogen and oxygen atoms in total. The fourth-order valence-corrected chi connectivity index (χ4v) is 2.92. The molecule has 0 radical (unpaired) electrons. The molecule has 0 bridgehead atoms. The van der Waals surface area contributed by atoms with E-state index in [4.69, 9.17) is 27.4 Å². The third kappa shape index (κ3) is 11.6. The van der Waals surface area contributed by atoms with Gasteiger partial charge in [0.2, 0.25) is 23.6 Å². The summed E-state index contributed by atoms with van der Waals surface area (Å²) in [6.07, 6.45) is 0.481. The van der Waals surface area contributed by atoms with Crippen molar-refractivity contribution in [2.75, 3.05) is 6.54 Å². The van der Waals surface area contributed by atoms with Gasteiger partial charge in [-0.3, -0.25) is 24.0 Å². The van der Waals surface area contributed by atoms with Crippen molar-refractivity contribution in [3.8, 4) is 0 Å². The third-order valence-electron chi connectivity index (χ3n) is 5.13.